The Morgan fingerprint density at radius 1 is 0.738 bits per heavy atom. The molecule has 0 spiro atoms. The van der Waals surface area contributed by atoms with Crippen LogP contribution in [0.15, 0.2) is 97.1 Å². The largest absolute Gasteiger partial charge is 0.389 e. The first-order chi connectivity index (χ1) is 20.4. The Bertz CT molecular complexity index is 1590. The van der Waals surface area contributed by atoms with Crippen molar-refractivity contribution in [2.45, 2.75) is 25.6 Å². The van der Waals surface area contributed by atoms with Gasteiger partial charge in [0, 0.05) is 47.3 Å². The van der Waals surface area contributed by atoms with Crippen molar-refractivity contribution in [1.29, 1.82) is 0 Å². The number of rotatable bonds is 8. The number of hydrogen-bond donors (Lipinski definition) is 2. The molecular formula is C34H33Cl2N5O. The maximum atomic E-state index is 9.86. The van der Waals surface area contributed by atoms with Gasteiger partial charge >= 0.3 is 0 Å². The van der Waals surface area contributed by atoms with Crippen molar-refractivity contribution in [3.8, 4) is 0 Å². The summed E-state index contributed by atoms with van der Waals surface area (Å²) < 4.78 is 0. The third kappa shape index (κ3) is 6.59. The van der Waals surface area contributed by atoms with Crippen LogP contribution >= 0.6 is 23.2 Å². The van der Waals surface area contributed by atoms with Crippen molar-refractivity contribution < 1.29 is 5.11 Å². The number of aromatic nitrogens is 2. The number of benzene rings is 4. The number of nitrogens with one attached hydrogen (secondary N) is 1. The Kier molecular flexibility index (Phi) is 8.70. The van der Waals surface area contributed by atoms with Gasteiger partial charge in [0.05, 0.1) is 24.2 Å². The third-order valence-electron chi connectivity index (χ3n) is 7.81. The van der Waals surface area contributed by atoms with Crippen LogP contribution in [0.25, 0.3) is 10.9 Å². The number of fused-ring (bicyclic) bond motifs is 1. The number of nitrogens with zero attached hydrogens (tertiary/aromatic N) is 4. The Morgan fingerprint density at radius 2 is 1.31 bits per heavy atom. The zero-order valence-corrected chi connectivity index (χ0v) is 24.9. The van der Waals surface area contributed by atoms with E-state index in [4.69, 9.17) is 33.2 Å². The minimum Gasteiger partial charge on any atom is -0.389 e. The van der Waals surface area contributed by atoms with E-state index >= 15 is 0 Å². The minimum absolute atomic E-state index is 0.120. The first-order valence-corrected chi connectivity index (χ1v) is 15.0. The van der Waals surface area contributed by atoms with Gasteiger partial charge in [0.2, 0.25) is 0 Å². The van der Waals surface area contributed by atoms with E-state index in [0.29, 0.717) is 6.54 Å². The van der Waals surface area contributed by atoms with E-state index in [-0.39, 0.29) is 6.04 Å². The molecule has 1 aromatic heterocycles. The molecule has 0 radical (unpaired) electrons. The Balaban J connectivity index is 1.19. The predicted octanol–water partition coefficient (Wildman–Crippen LogP) is 7.64. The Hall–Kier alpha value is -3.52. The highest BCUT2D eigenvalue weighted by Crippen LogP contribution is 2.32. The number of hydrogen-bond acceptors (Lipinski definition) is 6. The molecule has 42 heavy (non-hydrogen) atoms. The summed E-state index contributed by atoms with van der Waals surface area (Å²) in [7, 11) is 0. The molecule has 1 atom stereocenters. The van der Waals surface area contributed by atoms with Gasteiger partial charge in [-0.3, -0.25) is 9.80 Å². The lowest BCUT2D eigenvalue weighted by atomic mass is 9.96. The van der Waals surface area contributed by atoms with Gasteiger partial charge in [-0.2, -0.15) is 0 Å². The van der Waals surface area contributed by atoms with Crippen LogP contribution in [-0.2, 0) is 6.54 Å². The molecule has 2 heterocycles. The molecule has 1 aliphatic heterocycles. The summed E-state index contributed by atoms with van der Waals surface area (Å²) in [6, 6.07) is 32.3. The lowest BCUT2D eigenvalue weighted by molar-refractivity contribution is 0.103. The van der Waals surface area contributed by atoms with Crippen LogP contribution < -0.4 is 5.32 Å². The van der Waals surface area contributed by atoms with Gasteiger partial charge in [0.1, 0.15) is 11.6 Å². The third-order valence-corrected chi connectivity index (χ3v) is 8.32. The van der Waals surface area contributed by atoms with Crippen molar-refractivity contribution >= 4 is 45.6 Å². The number of halogens is 2. The van der Waals surface area contributed by atoms with E-state index in [9.17, 15) is 5.11 Å². The van der Waals surface area contributed by atoms with Gasteiger partial charge in [-0.25, -0.2) is 9.97 Å². The highest BCUT2D eigenvalue weighted by molar-refractivity contribution is 6.30. The topological polar surface area (TPSA) is 64.5 Å². The number of anilines is 2. The maximum absolute atomic E-state index is 9.86. The average Bonchev–Trinajstić information content (AvgIpc) is 3.00. The van der Waals surface area contributed by atoms with Crippen molar-refractivity contribution in [2.75, 3.05) is 31.5 Å². The van der Waals surface area contributed by atoms with Crippen LogP contribution in [0, 0.1) is 0 Å². The molecule has 1 aliphatic rings. The highest BCUT2D eigenvalue weighted by Gasteiger charge is 2.27. The number of para-hydroxylation sites is 1. The molecule has 0 aliphatic carbocycles. The molecule has 1 fully saturated rings. The first-order valence-electron chi connectivity index (χ1n) is 14.2. The van der Waals surface area contributed by atoms with E-state index in [1.165, 1.54) is 11.1 Å². The van der Waals surface area contributed by atoms with Crippen LogP contribution in [0.5, 0.6) is 0 Å². The zero-order valence-electron chi connectivity index (χ0n) is 23.4. The minimum atomic E-state index is -0.501. The highest BCUT2D eigenvalue weighted by atomic mass is 35.5. The summed E-state index contributed by atoms with van der Waals surface area (Å²) in [5, 5.41) is 15.8. The van der Waals surface area contributed by atoms with Crippen LogP contribution in [0.1, 0.15) is 41.6 Å². The van der Waals surface area contributed by atoms with Gasteiger partial charge in [0.25, 0.3) is 0 Å². The van der Waals surface area contributed by atoms with Crippen molar-refractivity contribution in [1.82, 2.24) is 19.8 Å². The van der Waals surface area contributed by atoms with E-state index in [1.807, 2.05) is 72.8 Å². The van der Waals surface area contributed by atoms with Gasteiger partial charge in [-0.1, -0.05) is 71.7 Å². The van der Waals surface area contributed by atoms with Gasteiger partial charge in [-0.05, 0) is 72.1 Å². The lowest BCUT2D eigenvalue weighted by Gasteiger charge is -2.39. The Labute approximate surface area is 256 Å². The maximum Gasteiger partial charge on any atom is 0.145 e. The molecule has 1 unspecified atom stereocenters. The number of aliphatic hydroxyl groups excluding tert-OH is 1. The van der Waals surface area contributed by atoms with Gasteiger partial charge in [-0.15, -0.1) is 0 Å². The molecule has 5 aromatic rings. The van der Waals surface area contributed by atoms with E-state index in [2.05, 4.69) is 39.4 Å². The monoisotopic (exact) mass is 597 g/mol. The summed E-state index contributed by atoms with van der Waals surface area (Å²) in [5.74, 6) is 1.57. The first kappa shape index (κ1) is 28.6. The summed E-state index contributed by atoms with van der Waals surface area (Å²) in [6.45, 7) is 6.05. The SMILES string of the molecule is CC(O)c1ccc(Nc2nc(CN3CCN(C(c4ccc(Cl)cc4)c4ccc(Cl)cc4)CC3)nc3ccccc23)cc1. The molecule has 6 nitrogen and oxygen atoms in total. The van der Waals surface area contributed by atoms with Gasteiger partial charge in [0.15, 0.2) is 0 Å². The predicted molar refractivity (Wildman–Crippen MR) is 171 cm³/mol. The fraction of sp³-hybridized carbons (Fsp3) is 0.235. The van der Waals surface area contributed by atoms with E-state index in [0.717, 1.165) is 70.0 Å². The number of aliphatic hydroxyl groups is 1. The van der Waals surface area contributed by atoms with Crippen LogP contribution in [0.2, 0.25) is 10.0 Å². The fourth-order valence-electron chi connectivity index (χ4n) is 5.56. The van der Waals surface area contributed by atoms with E-state index in [1.54, 1.807) is 6.92 Å². The Morgan fingerprint density at radius 3 is 1.90 bits per heavy atom. The van der Waals surface area contributed by atoms with E-state index < -0.39 is 6.10 Å². The molecule has 8 heteroatoms. The lowest BCUT2D eigenvalue weighted by Crippen LogP contribution is -2.47. The molecule has 1 saturated heterocycles. The standard InChI is InChI=1S/C34H33Cl2N5O/c1-23(42)24-10-16-29(17-11-24)37-34-30-4-2-3-5-31(30)38-32(39-34)22-40-18-20-41(21-19-40)33(25-6-12-27(35)13-7-25)26-8-14-28(36)15-9-26/h2-17,23,33,42H,18-22H2,1H3,(H,37,38,39). The van der Waals surface area contributed by atoms with Gasteiger partial charge < -0.3 is 10.4 Å². The molecule has 4 aromatic carbocycles. The number of piperazine rings is 1. The quantitative estimate of drug-likeness (QED) is 0.191. The molecular weight excluding hydrogens is 565 g/mol. The second-order valence-electron chi connectivity index (χ2n) is 10.7. The molecule has 6 rings (SSSR count). The molecule has 0 bridgehead atoms. The molecule has 0 saturated carbocycles. The van der Waals surface area contributed by atoms with Crippen molar-refractivity contribution in [2.24, 2.45) is 0 Å². The smallest absolute Gasteiger partial charge is 0.145 e. The van der Waals surface area contributed by atoms with Crippen molar-refractivity contribution in [3.63, 3.8) is 0 Å². The molecule has 0 amide bonds. The normalized spacial score (nSPS) is 15.3. The summed E-state index contributed by atoms with van der Waals surface area (Å²) >= 11 is 12.4. The van der Waals surface area contributed by atoms with Crippen LogP contribution in [-0.4, -0.2) is 51.1 Å². The second kappa shape index (κ2) is 12.8. The molecule has 214 valence electrons. The fourth-order valence-corrected chi connectivity index (χ4v) is 5.81. The van der Waals surface area contributed by atoms with Crippen molar-refractivity contribution in [3.05, 3.63) is 130 Å². The van der Waals surface area contributed by atoms with Crippen LogP contribution in [0.3, 0.4) is 0 Å². The summed E-state index contributed by atoms with van der Waals surface area (Å²) in [6.07, 6.45) is -0.501. The molecule has 2 N–H and O–H groups in total. The summed E-state index contributed by atoms with van der Waals surface area (Å²) in [4.78, 5) is 14.8. The summed E-state index contributed by atoms with van der Waals surface area (Å²) in [5.41, 5.74) is 5.13. The zero-order chi connectivity index (χ0) is 29.1. The second-order valence-corrected chi connectivity index (χ2v) is 11.6. The van der Waals surface area contributed by atoms with Crippen LogP contribution in [0.4, 0.5) is 11.5 Å². The average molecular weight is 599 g/mol.